The smallest absolute Gasteiger partial charge is 0.266 e. The lowest BCUT2D eigenvalue weighted by Gasteiger charge is -2.17. The maximum atomic E-state index is 13.3. The first-order valence-electron chi connectivity index (χ1n) is 9.19. The van der Waals surface area contributed by atoms with E-state index >= 15 is 0 Å². The van der Waals surface area contributed by atoms with Gasteiger partial charge in [-0.25, -0.2) is 4.98 Å². The molecule has 5 nitrogen and oxygen atoms in total. The summed E-state index contributed by atoms with van der Waals surface area (Å²) in [6.45, 7) is 3.80. The number of aromatic nitrogens is 2. The van der Waals surface area contributed by atoms with E-state index in [0.29, 0.717) is 21.1 Å². The van der Waals surface area contributed by atoms with Gasteiger partial charge in [0.15, 0.2) is 5.16 Å². The normalized spacial score (nSPS) is 14.8. The molecular weight excluding hydrogens is 394 g/mol. The Balaban J connectivity index is 1.83. The van der Waals surface area contributed by atoms with Crippen LogP contribution < -0.4 is 10.9 Å². The zero-order valence-electron chi connectivity index (χ0n) is 15.6. The summed E-state index contributed by atoms with van der Waals surface area (Å²) in [4.78, 5) is 30.4. The van der Waals surface area contributed by atoms with Gasteiger partial charge in [-0.2, -0.15) is 0 Å². The number of fused-ring (bicyclic) bond motifs is 1. The third-order valence-corrected chi connectivity index (χ3v) is 5.92. The van der Waals surface area contributed by atoms with E-state index in [9.17, 15) is 9.59 Å². The number of carbonyl (C=O) groups is 1. The van der Waals surface area contributed by atoms with Crippen molar-refractivity contribution < 1.29 is 4.79 Å². The molecule has 1 aromatic heterocycles. The van der Waals surface area contributed by atoms with Gasteiger partial charge >= 0.3 is 0 Å². The molecule has 2 aromatic carbocycles. The maximum Gasteiger partial charge on any atom is 0.266 e. The second-order valence-electron chi connectivity index (χ2n) is 7.08. The van der Waals surface area contributed by atoms with E-state index < -0.39 is 0 Å². The highest BCUT2D eigenvalue weighted by atomic mass is 35.5. The van der Waals surface area contributed by atoms with Crippen LogP contribution in [0.5, 0.6) is 0 Å². The number of benzene rings is 2. The number of hydrogen-bond acceptors (Lipinski definition) is 4. The Morgan fingerprint density at radius 1 is 1.29 bits per heavy atom. The molecule has 0 bridgehead atoms. The van der Waals surface area contributed by atoms with Crippen molar-refractivity contribution in [3.8, 4) is 5.69 Å². The van der Waals surface area contributed by atoms with Crippen molar-refractivity contribution in [2.75, 3.05) is 0 Å². The van der Waals surface area contributed by atoms with Gasteiger partial charge in [-0.05, 0) is 62.6 Å². The summed E-state index contributed by atoms with van der Waals surface area (Å²) < 4.78 is 1.58. The first-order chi connectivity index (χ1) is 13.4. The molecule has 1 atom stereocenters. The van der Waals surface area contributed by atoms with Gasteiger partial charge in [-0.15, -0.1) is 0 Å². The molecule has 28 heavy (non-hydrogen) atoms. The Morgan fingerprint density at radius 3 is 2.79 bits per heavy atom. The van der Waals surface area contributed by atoms with Gasteiger partial charge < -0.3 is 5.32 Å². The average Bonchev–Trinajstić information content (AvgIpc) is 3.45. The quantitative estimate of drug-likeness (QED) is 0.505. The lowest BCUT2D eigenvalue weighted by Crippen LogP contribution is -2.33. The lowest BCUT2D eigenvalue weighted by molar-refractivity contribution is -0.120. The van der Waals surface area contributed by atoms with Crippen LogP contribution >= 0.6 is 23.4 Å². The zero-order valence-corrected chi connectivity index (χ0v) is 17.2. The van der Waals surface area contributed by atoms with Crippen molar-refractivity contribution in [3.63, 3.8) is 0 Å². The molecule has 1 N–H and O–H groups in total. The molecule has 7 heteroatoms. The van der Waals surface area contributed by atoms with E-state index in [-0.39, 0.29) is 22.8 Å². The van der Waals surface area contributed by atoms with Crippen LogP contribution in [-0.4, -0.2) is 26.8 Å². The van der Waals surface area contributed by atoms with Crippen molar-refractivity contribution in [1.29, 1.82) is 0 Å². The number of amides is 1. The number of rotatable bonds is 5. The third kappa shape index (κ3) is 3.93. The van der Waals surface area contributed by atoms with Crippen LogP contribution in [0.15, 0.2) is 52.4 Å². The number of hydrogen-bond donors (Lipinski definition) is 1. The first-order valence-corrected chi connectivity index (χ1v) is 10.4. The largest absolute Gasteiger partial charge is 0.352 e. The summed E-state index contributed by atoms with van der Waals surface area (Å²) in [6, 6.07) is 13.0. The maximum absolute atomic E-state index is 13.3. The van der Waals surface area contributed by atoms with Crippen molar-refractivity contribution >= 4 is 40.2 Å². The van der Waals surface area contributed by atoms with Gasteiger partial charge in [-0.3, -0.25) is 14.2 Å². The predicted molar refractivity (Wildman–Crippen MR) is 114 cm³/mol. The molecule has 0 radical (unpaired) electrons. The molecule has 1 saturated carbocycles. The first kappa shape index (κ1) is 19.0. The topological polar surface area (TPSA) is 64.0 Å². The lowest BCUT2D eigenvalue weighted by atomic mass is 10.2. The number of halogens is 1. The van der Waals surface area contributed by atoms with Crippen molar-refractivity contribution in [2.45, 2.75) is 43.1 Å². The van der Waals surface area contributed by atoms with Gasteiger partial charge in [0.2, 0.25) is 5.91 Å². The number of nitrogens with one attached hydrogen (secondary N) is 1. The molecule has 1 amide bonds. The molecule has 1 aliphatic rings. The molecule has 0 aliphatic heterocycles. The summed E-state index contributed by atoms with van der Waals surface area (Å²) >= 11 is 7.38. The Hall–Kier alpha value is -2.31. The zero-order chi connectivity index (χ0) is 19.8. The minimum absolute atomic E-state index is 0.0382. The summed E-state index contributed by atoms with van der Waals surface area (Å²) in [7, 11) is 0. The standard InChI is InChI=1S/C21H20ClN3O2S/c1-12-4-3-5-16(10-12)25-20(27)17-9-6-14(22)11-18(17)24-21(25)28-13(2)19(26)23-15-7-8-15/h3-6,9-11,13,15H,7-8H2,1-2H3,(H,23,26)/t13-/m1/s1. The average molecular weight is 414 g/mol. The van der Waals surface area contributed by atoms with Gasteiger partial charge in [0.1, 0.15) is 0 Å². The molecule has 144 valence electrons. The number of nitrogens with zero attached hydrogens (tertiary/aromatic N) is 2. The second-order valence-corrected chi connectivity index (χ2v) is 8.82. The Bertz CT molecular complexity index is 1120. The molecule has 4 rings (SSSR count). The van der Waals surface area contributed by atoms with E-state index in [1.807, 2.05) is 38.1 Å². The number of thioether (sulfide) groups is 1. The van der Waals surface area contributed by atoms with Gasteiger partial charge in [0.25, 0.3) is 5.56 Å². The Morgan fingerprint density at radius 2 is 2.07 bits per heavy atom. The summed E-state index contributed by atoms with van der Waals surface area (Å²) in [5.74, 6) is -0.0382. The highest BCUT2D eigenvalue weighted by Gasteiger charge is 2.27. The van der Waals surface area contributed by atoms with E-state index in [1.165, 1.54) is 11.8 Å². The SMILES string of the molecule is Cc1cccc(-n2c(S[C@H](C)C(=O)NC3CC3)nc3cc(Cl)ccc3c2=O)c1. The van der Waals surface area contributed by atoms with Crippen LogP contribution in [0.1, 0.15) is 25.3 Å². The van der Waals surface area contributed by atoms with Crippen LogP contribution in [0.25, 0.3) is 16.6 Å². The Labute approximate surface area is 172 Å². The molecule has 1 fully saturated rings. The monoisotopic (exact) mass is 413 g/mol. The Kier molecular flexibility index (Phi) is 5.17. The van der Waals surface area contributed by atoms with E-state index in [4.69, 9.17) is 11.6 Å². The molecule has 0 spiro atoms. The summed E-state index contributed by atoms with van der Waals surface area (Å²) in [5, 5.41) is 4.12. The van der Waals surface area contributed by atoms with Crippen LogP contribution in [0.4, 0.5) is 0 Å². The van der Waals surface area contributed by atoms with Crippen molar-refractivity contribution in [2.24, 2.45) is 0 Å². The predicted octanol–water partition coefficient (Wildman–Crippen LogP) is 4.11. The van der Waals surface area contributed by atoms with Crippen molar-refractivity contribution in [3.05, 3.63) is 63.4 Å². The molecule has 1 heterocycles. The van der Waals surface area contributed by atoms with Crippen LogP contribution in [0.3, 0.4) is 0 Å². The number of carbonyl (C=O) groups excluding carboxylic acids is 1. The van der Waals surface area contributed by atoms with E-state index in [2.05, 4.69) is 10.3 Å². The van der Waals surface area contributed by atoms with Crippen LogP contribution in [0, 0.1) is 6.92 Å². The minimum atomic E-state index is -0.375. The molecule has 3 aromatic rings. The molecule has 0 unspecified atom stereocenters. The summed E-state index contributed by atoms with van der Waals surface area (Å²) in [6.07, 6.45) is 2.06. The molecule has 1 aliphatic carbocycles. The van der Waals surface area contributed by atoms with Gasteiger partial charge in [0, 0.05) is 11.1 Å². The second kappa shape index (κ2) is 7.60. The van der Waals surface area contributed by atoms with E-state index in [0.717, 1.165) is 24.1 Å². The molecule has 0 saturated heterocycles. The van der Waals surface area contributed by atoms with Crippen LogP contribution in [0.2, 0.25) is 5.02 Å². The fourth-order valence-electron chi connectivity index (χ4n) is 2.97. The van der Waals surface area contributed by atoms with Gasteiger partial charge in [0.05, 0.1) is 21.8 Å². The fraction of sp³-hybridized carbons (Fsp3) is 0.286. The van der Waals surface area contributed by atoms with Gasteiger partial charge in [-0.1, -0.05) is 35.5 Å². The third-order valence-electron chi connectivity index (χ3n) is 4.64. The highest BCUT2D eigenvalue weighted by molar-refractivity contribution is 8.00. The molecular formula is C21H20ClN3O2S. The summed E-state index contributed by atoms with van der Waals surface area (Å²) in [5.41, 5.74) is 2.12. The fourth-order valence-corrected chi connectivity index (χ4v) is 4.07. The highest BCUT2D eigenvalue weighted by Crippen LogP contribution is 2.27. The van der Waals surface area contributed by atoms with Crippen LogP contribution in [-0.2, 0) is 4.79 Å². The van der Waals surface area contributed by atoms with Crippen molar-refractivity contribution in [1.82, 2.24) is 14.9 Å². The number of aryl methyl sites for hydroxylation is 1. The minimum Gasteiger partial charge on any atom is -0.352 e. The van der Waals surface area contributed by atoms with E-state index in [1.54, 1.807) is 22.8 Å².